The summed E-state index contributed by atoms with van der Waals surface area (Å²) in [5, 5.41) is 0. The molecule has 2 rings (SSSR count). The van der Waals surface area contributed by atoms with E-state index in [-0.39, 0.29) is 11.7 Å². The van der Waals surface area contributed by atoms with Crippen LogP contribution in [0, 0.1) is 11.7 Å². The molecule has 0 spiro atoms. The Balaban J connectivity index is 1.84. The Morgan fingerprint density at radius 3 is 2.56 bits per heavy atom. The summed E-state index contributed by atoms with van der Waals surface area (Å²) in [6, 6.07) is 6.51. The summed E-state index contributed by atoms with van der Waals surface area (Å²) in [6.45, 7) is 2.02. The zero-order chi connectivity index (χ0) is 11.4. The molecule has 1 aromatic rings. The van der Waals surface area contributed by atoms with E-state index in [0.717, 1.165) is 18.1 Å². The van der Waals surface area contributed by atoms with Gasteiger partial charge in [-0.25, -0.2) is 4.39 Å². The van der Waals surface area contributed by atoms with Gasteiger partial charge in [0.2, 0.25) is 0 Å². The van der Waals surface area contributed by atoms with Crippen LogP contribution in [0.4, 0.5) is 4.39 Å². The zero-order valence-electron chi connectivity index (χ0n) is 9.36. The summed E-state index contributed by atoms with van der Waals surface area (Å²) in [5.74, 6) is 0.740. The van der Waals surface area contributed by atoms with Crippen LogP contribution in [0.15, 0.2) is 24.3 Å². The Morgan fingerprint density at radius 2 is 2.00 bits per heavy atom. The molecule has 0 heterocycles. The molecule has 0 radical (unpaired) electrons. The highest BCUT2D eigenvalue weighted by molar-refractivity contribution is 5.20. The molecule has 0 bridgehead atoms. The number of hydrogen-bond acceptors (Lipinski definition) is 2. The van der Waals surface area contributed by atoms with Gasteiger partial charge in [0.1, 0.15) is 5.82 Å². The summed E-state index contributed by atoms with van der Waals surface area (Å²) in [5.41, 5.74) is 6.76. The average molecular weight is 223 g/mol. The van der Waals surface area contributed by atoms with E-state index in [4.69, 9.17) is 10.5 Å². The molecular weight excluding hydrogens is 205 g/mol. The number of hydrogen-bond donors (Lipinski definition) is 1. The minimum Gasteiger partial charge on any atom is -0.380 e. The molecule has 1 fully saturated rings. The van der Waals surface area contributed by atoms with Crippen LogP contribution in [-0.4, -0.2) is 19.8 Å². The van der Waals surface area contributed by atoms with E-state index in [1.807, 2.05) is 0 Å². The van der Waals surface area contributed by atoms with E-state index in [1.54, 1.807) is 12.1 Å². The number of nitrogens with two attached hydrogens (primary N) is 1. The standard InChI is InChI=1S/C13H18FNO/c14-13-5-3-11(4-6-13)12(7-15)9-16-8-10-1-2-10/h3-6,10,12H,1-2,7-9,15H2. The van der Waals surface area contributed by atoms with Crippen LogP contribution >= 0.6 is 0 Å². The van der Waals surface area contributed by atoms with Crippen LogP contribution in [0.25, 0.3) is 0 Å². The lowest BCUT2D eigenvalue weighted by atomic mass is 10.0. The van der Waals surface area contributed by atoms with Crippen molar-refractivity contribution in [2.75, 3.05) is 19.8 Å². The van der Waals surface area contributed by atoms with Crippen molar-refractivity contribution in [3.63, 3.8) is 0 Å². The lowest BCUT2D eigenvalue weighted by Crippen LogP contribution is -2.18. The van der Waals surface area contributed by atoms with Crippen molar-refractivity contribution in [3.8, 4) is 0 Å². The van der Waals surface area contributed by atoms with Gasteiger partial charge in [-0.15, -0.1) is 0 Å². The highest BCUT2D eigenvalue weighted by atomic mass is 19.1. The molecule has 1 atom stereocenters. The predicted molar refractivity (Wildman–Crippen MR) is 61.7 cm³/mol. The maximum atomic E-state index is 12.8. The largest absolute Gasteiger partial charge is 0.380 e. The van der Waals surface area contributed by atoms with Crippen molar-refractivity contribution in [1.29, 1.82) is 0 Å². The van der Waals surface area contributed by atoms with E-state index >= 15 is 0 Å². The predicted octanol–water partition coefficient (Wildman–Crippen LogP) is 2.29. The fourth-order valence-corrected chi connectivity index (χ4v) is 1.70. The molecule has 0 aliphatic heterocycles. The maximum Gasteiger partial charge on any atom is 0.123 e. The first kappa shape index (κ1) is 11.6. The second-order valence-electron chi connectivity index (χ2n) is 4.47. The molecule has 3 heteroatoms. The van der Waals surface area contributed by atoms with E-state index in [0.29, 0.717) is 13.2 Å². The molecule has 1 aliphatic rings. The molecular formula is C13H18FNO. The lowest BCUT2D eigenvalue weighted by Gasteiger charge is -2.15. The second-order valence-corrected chi connectivity index (χ2v) is 4.47. The molecule has 1 aliphatic carbocycles. The van der Waals surface area contributed by atoms with Crippen molar-refractivity contribution >= 4 is 0 Å². The normalized spacial score (nSPS) is 17.4. The molecule has 2 N–H and O–H groups in total. The monoisotopic (exact) mass is 223 g/mol. The molecule has 0 aromatic heterocycles. The number of halogens is 1. The van der Waals surface area contributed by atoms with Crippen LogP contribution in [0.5, 0.6) is 0 Å². The van der Waals surface area contributed by atoms with Gasteiger partial charge < -0.3 is 10.5 Å². The number of ether oxygens (including phenoxy) is 1. The molecule has 88 valence electrons. The molecule has 1 unspecified atom stereocenters. The first-order valence-electron chi connectivity index (χ1n) is 5.83. The summed E-state index contributed by atoms with van der Waals surface area (Å²) in [6.07, 6.45) is 2.59. The lowest BCUT2D eigenvalue weighted by molar-refractivity contribution is 0.112. The van der Waals surface area contributed by atoms with Crippen LogP contribution in [0.1, 0.15) is 24.3 Å². The zero-order valence-corrected chi connectivity index (χ0v) is 9.36. The molecule has 1 aromatic carbocycles. The molecule has 0 amide bonds. The Kier molecular flexibility index (Phi) is 3.91. The Morgan fingerprint density at radius 1 is 1.31 bits per heavy atom. The van der Waals surface area contributed by atoms with E-state index < -0.39 is 0 Å². The number of rotatable bonds is 6. The van der Waals surface area contributed by atoms with Crippen LogP contribution in [0.3, 0.4) is 0 Å². The van der Waals surface area contributed by atoms with Crippen LogP contribution in [-0.2, 0) is 4.74 Å². The molecule has 16 heavy (non-hydrogen) atoms. The van der Waals surface area contributed by atoms with Gasteiger partial charge in [0.05, 0.1) is 6.61 Å². The Labute approximate surface area is 95.6 Å². The summed E-state index contributed by atoms with van der Waals surface area (Å²) < 4.78 is 18.4. The first-order valence-corrected chi connectivity index (χ1v) is 5.83. The quantitative estimate of drug-likeness (QED) is 0.803. The van der Waals surface area contributed by atoms with E-state index in [1.165, 1.54) is 25.0 Å². The van der Waals surface area contributed by atoms with Crippen molar-refractivity contribution in [2.24, 2.45) is 11.7 Å². The van der Waals surface area contributed by atoms with Crippen molar-refractivity contribution in [1.82, 2.24) is 0 Å². The summed E-state index contributed by atoms with van der Waals surface area (Å²) >= 11 is 0. The second kappa shape index (κ2) is 5.41. The fourth-order valence-electron chi connectivity index (χ4n) is 1.70. The van der Waals surface area contributed by atoms with Gasteiger partial charge >= 0.3 is 0 Å². The minimum absolute atomic E-state index is 0.180. The van der Waals surface area contributed by atoms with E-state index in [9.17, 15) is 4.39 Å². The average Bonchev–Trinajstić information content (AvgIpc) is 3.10. The SMILES string of the molecule is NCC(COCC1CC1)c1ccc(F)cc1. The van der Waals surface area contributed by atoms with Crippen LogP contribution in [0.2, 0.25) is 0 Å². The highest BCUT2D eigenvalue weighted by Crippen LogP contribution is 2.29. The van der Waals surface area contributed by atoms with Gasteiger partial charge in [0.15, 0.2) is 0 Å². The fraction of sp³-hybridized carbons (Fsp3) is 0.538. The third-order valence-electron chi connectivity index (χ3n) is 3.00. The summed E-state index contributed by atoms with van der Waals surface area (Å²) in [4.78, 5) is 0. The third kappa shape index (κ3) is 3.29. The van der Waals surface area contributed by atoms with Crippen molar-refractivity contribution in [2.45, 2.75) is 18.8 Å². The van der Waals surface area contributed by atoms with Gasteiger partial charge in [-0.2, -0.15) is 0 Å². The van der Waals surface area contributed by atoms with Gasteiger partial charge in [-0.05, 0) is 36.5 Å². The smallest absolute Gasteiger partial charge is 0.123 e. The minimum atomic E-state index is -0.210. The third-order valence-corrected chi connectivity index (χ3v) is 3.00. The van der Waals surface area contributed by atoms with Gasteiger partial charge in [-0.3, -0.25) is 0 Å². The summed E-state index contributed by atoms with van der Waals surface area (Å²) in [7, 11) is 0. The van der Waals surface area contributed by atoms with Gasteiger partial charge in [0, 0.05) is 19.1 Å². The Bertz CT molecular complexity index is 321. The highest BCUT2D eigenvalue weighted by Gasteiger charge is 2.21. The first-order chi connectivity index (χ1) is 7.79. The Hall–Kier alpha value is -0.930. The van der Waals surface area contributed by atoms with Crippen molar-refractivity contribution < 1.29 is 9.13 Å². The van der Waals surface area contributed by atoms with Gasteiger partial charge in [-0.1, -0.05) is 12.1 Å². The van der Waals surface area contributed by atoms with Gasteiger partial charge in [0.25, 0.3) is 0 Å². The number of benzene rings is 1. The molecule has 0 saturated heterocycles. The molecule has 1 saturated carbocycles. The van der Waals surface area contributed by atoms with Crippen LogP contribution < -0.4 is 5.73 Å². The topological polar surface area (TPSA) is 35.2 Å². The van der Waals surface area contributed by atoms with E-state index in [2.05, 4.69) is 0 Å². The molecule has 2 nitrogen and oxygen atoms in total. The maximum absolute atomic E-state index is 12.8. The van der Waals surface area contributed by atoms with Crippen molar-refractivity contribution in [3.05, 3.63) is 35.6 Å².